The van der Waals surface area contributed by atoms with E-state index in [1.165, 1.54) is 0 Å². The largest absolute Gasteiger partial charge is 0.495 e. The number of carbonyl (C=O) groups excluding carboxylic acids is 2. The molecule has 5 nitrogen and oxygen atoms in total. The number of anilines is 1. The highest BCUT2D eigenvalue weighted by atomic mass is 16.5. The van der Waals surface area contributed by atoms with E-state index in [-0.39, 0.29) is 17.6 Å². The maximum atomic E-state index is 12.5. The van der Waals surface area contributed by atoms with Crippen molar-refractivity contribution in [3.05, 3.63) is 35.5 Å². The first kappa shape index (κ1) is 17.5. The van der Waals surface area contributed by atoms with Gasteiger partial charge < -0.3 is 15.4 Å². The molecule has 0 bridgehead atoms. The highest BCUT2D eigenvalue weighted by Crippen LogP contribution is 2.30. The van der Waals surface area contributed by atoms with Crippen molar-refractivity contribution < 1.29 is 14.3 Å². The minimum atomic E-state index is 0.0308. The van der Waals surface area contributed by atoms with Crippen molar-refractivity contribution in [2.45, 2.75) is 51.5 Å². The molecule has 0 atom stereocenters. The summed E-state index contributed by atoms with van der Waals surface area (Å²) in [5.41, 5.74) is 2.71. The zero-order valence-corrected chi connectivity index (χ0v) is 14.9. The standard InChI is InChI=1S/C20H26N2O3/c1-13-16(11-12-18(13)23)21-15-9-7-14(8-10-15)20(24)22-17-5-3-4-6-19(17)25-2/h3-6,14-15,21H,7-12H2,1-2H3,(H,22,24)/t14-,15-. The van der Waals surface area contributed by atoms with Crippen LogP contribution in [0.1, 0.15) is 45.4 Å². The summed E-state index contributed by atoms with van der Waals surface area (Å²) in [6, 6.07) is 7.84. The van der Waals surface area contributed by atoms with Gasteiger partial charge in [-0.3, -0.25) is 9.59 Å². The zero-order valence-electron chi connectivity index (χ0n) is 14.9. The van der Waals surface area contributed by atoms with Crippen LogP contribution >= 0.6 is 0 Å². The third-order valence-electron chi connectivity index (χ3n) is 5.31. The number of ether oxygens (including phenoxy) is 1. The molecule has 0 aliphatic heterocycles. The van der Waals surface area contributed by atoms with Crippen molar-refractivity contribution >= 4 is 17.4 Å². The maximum Gasteiger partial charge on any atom is 0.227 e. The van der Waals surface area contributed by atoms with Crippen LogP contribution in [-0.4, -0.2) is 24.8 Å². The Labute approximate surface area is 148 Å². The van der Waals surface area contributed by atoms with E-state index in [1.807, 2.05) is 31.2 Å². The van der Waals surface area contributed by atoms with Crippen LogP contribution in [0, 0.1) is 5.92 Å². The summed E-state index contributed by atoms with van der Waals surface area (Å²) in [6.45, 7) is 1.91. The molecule has 2 aliphatic carbocycles. The fourth-order valence-electron chi connectivity index (χ4n) is 3.69. The lowest BCUT2D eigenvalue weighted by molar-refractivity contribution is -0.121. The van der Waals surface area contributed by atoms with E-state index in [0.29, 0.717) is 18.2 Å². The molecule has 1 aromatic carbocycles. The van der Waals surface area contributed by atoms with Crippen molar-refractivity contribution in [1.29, 1.82) is 0 Å². The Morgan fingerprint density at radius 2 is 1.84 bits per heavy atom. The number of carbonyl (C=O) groups is 2. The highest BCUT2D eigenvalue weighted by Gasteiger charge is 2.28. The van der Waals surface area contributed by atoms with Gasteiger partial charge in [-0.15, -0.1) is 0 Å². The third kappa shape index (κ3) is 4.03. The summed E-state index contributed by atoms with van der Waals surface area (Å²) in [6.07, 6.45) is 5.09. The van der Waals surface area contributed by atoms with Crippen LogP contribution in [-0.2, 0) is 9.59 Å². The van der Waals surface area contributed by atoms with Gasteiger partial charge in [-0.05, 0) is 51.2 Å². The lowest BCUT2D eigenvalue weighted by Crippen LogP contribution is -2.36. The summed E-state index contributed by atoms with van der Waals surface area (Å²) in [7, 11) is 1.60. The number of benzene rings is 1. The summed E-state index contributed by atoms with van der Waals surface area (Å²) >= 11 is 0. The van der Waals surface area contributed by atoms with Gasteiger partial charge in [0.25, 0.3) is 0 Å². The Morgan fingerprint density at radius 1 is 1.12 bits per heavy atom. The van der Waals surface area contributed by atoms with E-state index in [1.54, 1.807) is 7.11 Å². The average Bonchev–Trinajstić information content (AvgIpc) is 2.95. The molecule has 0 spiro atoms. The molecular formula is C20H26N2O3. The number of nitrogens with one attached hydrogen (secondary N) is 2. The third-order valence-corrected chi connectivity index (χ3v) is 5.31. The molecule has 5 heteroatoms. The number of rotatable bonds is 5. The first-order chi connectivity index (χ1) is 12.1. The molecule has 0 heterocycles. The SMILES string of the molecule is COc1ccccc1NC(=O)[C@H]1CC[C@H](NC2=C(C)C(=O)CC2)CC1. The highest BCUT2D eigenvalue weighted by molar-refractivity contribution is 5.98. The van der Waals surface area contributed by atoms with E-state index < -0.39 is 0 Å². The average molecular weight is 342 g/mol. The molecule has 2 aliphatic rings. The van der Waals surface area contributed by atoms with E-state index in [9.17, 15) is 9.59 Å². The monoisotopic (exact) mass is 342 g/mol. The second-order valence-corrected chi connectivity index (χ2v) is 6.91. The molecule has 134 valence electrons. The van der Waals surface area contributed by atoms with E-state index in [4.69, 9.17) is 4.74 Å². The van der Waals surface area contributed by atoms with Crippen molar-refractivity contribution in [2.24, 2.45) is 5.92 Å². The molecule has 25 heavy (non-hydrogen) atoms. The van der Waals surface area contributed by atoms with Crippen LogP contribution < -0.4 is 15.4 Å². The normalized spacial score (nSPS) is 23.5. The number of allylic oxidation sites excluding steroid dienone is 2. The first-order valence-electron chi connectivity index (χ1n) is 9.02. The number of para-hydroxylation sites is 2. The Balaban J connectivity index is 1.52. The minimum absolute atomic E-state index is 0.0308. The van der Waals surface area contributed by atoms with Gasteiger partial charge >= 0.3 is 0 Å². The molecule has 0 aromatic heterocycles. The molecule has 1 amide bonds. The van der Waals surface area contributed by atoms with Crippen molar-refractivity contribution in [3.63, 3.8) is 0 Å². The Morgan fingerprint density at radius 3 is 2.48 bits per heavy atom. The molecule has 1 saturated carbocycles. The number of amides is 1. The maximum absolute atomic E-state index is 12.5. The number of hydrogen-bond donors (Lipinski definition) is 2. The van der Waals surface area contributed by atoms with Crippen molar-refractivity contribution in [1.82, 2.24) is 5.32 Å². The van der Waals surface area contributed by atoms with Gasteiger partial charge in [-0.2, -0.15) is 0 Å². The van der Waals surface area contributed by atoms with Gasteiger partial charge in [0.2, 0.25) is 5.91 Å². The van der Waals surface area contributed by atoms with Gasteiger partial charge in [0.1, 0.15) is 5.75 Å². The van der Waals surface area contributed by atoms with Crippen LogP contribution in [0.25, 0.3) is 0 Å². The molecule has 1 fully saturated rings. The van der Waals surface area contributed by atoms with Gasteiger partial charge in [-0.25, -0.2) is 0 Å². The lowest BCUT2D eigenvalue weighted by atomic mass is 9.85. The topological polar surface area (TPSA) is 67.4 Å². The Bertz CT molecular complexity index is 688. The smallest absolute Gasteiger partial charge is 0.227 e. The predicted molar refractivity (Wildman–Crippen MR) is 97.4 cm³/mol. The fraction of sp³-hybridized carbons (Fsp3) is 0.500. The van der Waals surface area contributed by atoms with Gasteiger partial charge in [0.05, 0.1) is 12.8 Å². The van der Waals surface area contributed by atoms with Crippen LogP contribution in [0.15, 0.2) is 35.5 Å². The fourth-order valence-corrected chi connectivity index (χ4v) is 3.69. The zero-order chi connectivity index (χ0) is 17.8. The summed E-state index contributed by atoms with van der Waals surface area (Å²) < 4.78 is 5.29. The molecule has 1 aromatic rings. The van der Waals surface area contributed by atoms with Crippen molar-refractivity contribution in [3.8, 4) is 5.75 Å². The second kappa shape index (κ2) is 7.72. The van der Waals surface area contributed by atoms with E-state index >= 15 is 0 Å². The number of Topliss-reactive ketones (excluding diaryl/α,β-unsaturated/α-hetero) is 1. The van der Waals surface area contributed by atoms with Crippen LogP contribution in [0.4, 0.5) is 5.69 Å². The van der Waals surface area contributed by atoms with Gasteiger partial charge in [0, 0.05) is 29.7 Å². The van der Waals surface area contributed by atoms with Crippen LogP contribution in [0.5, 0.6) is 5.75 Å². The van der Waals surface area contributed by atoms with Crippen LogP contribution in [0.2, 0.25) is 0 Å². The summed E-state index contributed by atoms with van der Waals surface area (Å²) in [4.78, 5) is 24.2. The summed E-state index contributed by atoms with van der Waals surface area (Å²) in [5, 5.41) is 6.53. The first-order valence-corrected chi connectivity index (χ1v) is 9.02. The minimum Gasteiger partial charge on any atom is -0.495 e. The second-order valence-electron chi connectivity index (χ2n) is 6.91. The number of ketones is 1. The van der Waals surface area contributed by atoms with E-state index in [0.717, 1.165) is 49.1 Å². The molecule has 0 radical (unpaired) electrons. The van der Waals surface area contributed by atoms with Crippen molar-refractivity contribution in [2.75, 3.05) is 12.4 Å². The molecule has 0 unspecified atom stereocenters. The quantitative estimate of drug-likeness (QED) is 0.860. The molecule has 3 rings (SSSR count). The predicted octanol–water partition coefficient (Wildman–Crippen LogP) is 3.42. The van der Waals surface area contributed by atoms with Gasteiger partial charge in [0.15, 0.2) is 5.78 Å². The molecule has 0 saturated heterocycles. The van der Waals surface area contributed by atoms with Gasteiger partial charge in [-0.1, -0.05) is 12.1 Å². The number of methoxy groups -OCH3 is 1. The molecule has 2 N–H and O–H groups in total. The van der Waals surface area contributed by atoms with E-state index in [2.05, 4.69) is 10.6 Å². The lowest BCUT2D eigenvalue weighted by Gasteiger charge is -2.29. The van der Waals surface area contributed by atoms with Crippen LogP contribution in [0.3, 0.4) is 0 Å². The summed E-state index contributed by atoms with van der Waals surface area (Å²) in [5.74, 6) is 1.03. The molecular weight excluding hydrogens is 316 g/mol. The number of hydrogen-bond acceptors (Lipinski definition) is 4. The Hall–Kier alpha value is -2.30. The Kier molecular flexibility index (Phi) is 5.41.